The number of anilines is 1. The maximum Gasteiger partial charge on any atom is 0.409 e. The normalized spacial score (nSPS) is 14.7. The number of methoxy groups -OCH3 is 1. The number of rotatable bonds is 2. The summed E-state index contributed by atoms with van der Waals surface area (Å²) in [7, 11) is 1.41. The van der Waals surface area contributed by atoms with Crippen LogP contribution in [0.15, 0.2) is 36.4 Å². The number of carbonyl (C=O) groups is 1. The Balaban J connectivity index is 1.79. The van der Waals surface area contributed by atoms with Crippen LogP contribution in [0.1, 0.15) is 5.82 Å². The summed E-state index contributed by atoms with van der Waals surface area (Å²) in [6.45, 7) is 4.65. The number of piperazine rings is 1. The summed E-state index contributed by atoms with van der Waals surface area (Å²) in [5, 5.41) is 0. The number of nitrogens with zero attached hydrogens (tertiary/aromatic N) is 4. The van der Waals surface area contributed by atoms with Crippen molar-refractivity contribution in [3.63, 3.8) is 0 Å². The van der Waals surface area contributed by atoms with Gasteiger partial charge in [0.15, 0.2) is 0 Å². The predicted octanol–water partition coefficient (Wildman–Crippen LogP) is 2.34. The van der Waals surface area contributed by atoms with Crippen LogP contribution in [-0.4, -0.2) is 54.2 Å². The second kappa shape index (κ2) is 6.64. The molecule has 0 N–H and O–H groups in total. The minimum atomic E-state index is -0.270. The average molecular weight is 312 g/mol. The van der Waals surface area contributed by atoms with Crippen molar-refractivity contribution in [3.05, 3.63) is 42.2 Å². The predicted molar refractivity (Wildman–Crippen MR) is 88.4 cm³/mol. The lowest BCUT2D eigenvalue weighted by atomic mass is 10.1. The van der Waals surface area contributed by atoms with E-state index in [4.69, 9.17) is 4.74 Å². The topological polar surface area (TPSA) is 58.6 Å². The van der Waals surface area contributed by atoms with E-state index >= 15 is 0 Å². The Kier molecular flexibility index (Phi) is 4.41. The lowest BCUT2D eigenvalue weighted by Gasteiger charge is -2.34. The maximum absolute atomic E-state index is 11.6. The van der Waals surface area contributed by atoms with E-state index in [0.29, 0.717) is 13.1 Å². The Morgan fingerprint density at radius 1 is 1.09 bits per heavy atom. The molecule has 0 atom stereocenters. The second-order valence-electron chi connectivity index (χ2n) is 5.47. The molecule has 2 heterocycles. The molecule has 3 rings (SSSR count). The molecular weight excluding hydrogens is 292 g/mol. The fourth-order valence-electron chi connectivity index (χ4n) is 2.72. The molecule has 0 bridgehead atoms. The number of aryl methyl sites for hydroxylation is 1. The zero-order chi connectivity index (χ0) is 16.2. The summed E-state index contributed by atoms with van der Waals surface area (Å²) in [6.07, 6.45) is -0.270. The lowest BCUT2D eigenvalue weighted by Crippen LogP contribution is -2.49. The maximum atomic E-state index is 11.6. The molecule has 1 aliphatic heterocycles. The first-order valence-corrected chi connectivity index (χ1v) is 7.66. The standard InChI is InChI=1S/C17H20N4O2/c1-13-18-15(14-6-4-3-5-7-14)12-16(19-13)20-8-10-21(11-9-20)17(22)23-2/h3-7,12H,8-11H2,1-2H3. The quantitative estimate of drug-likeness (QED) is 0.852. The van der Waals surface area contributed by atoms with Gasteiger partial charge >= 0.3 is 6.09 Å². The van der Waals surface area contributed by atoms with Crippen LogP contribution in [0.25, 0.3) is 11.3 Å². The largest absolute Gasteiger partial charge is 0.453 e. The molecule has 0 aliphatic carbocycles. The van der Waals surface area contributed by atoms with Crippen molar-refractivity contribution in [3.8, 4) is 11.3 Å². The Hall–Kier alpha value is -2.63. The van der Waals surface area contributed by atoms with E-state index in [1.165, 1.54) is 7.11 Å². The summed E-state index contributed by atoms with van der Waals surface area (Å²) in [4.78, 5) is 24.5. The molecular formula is C17H20N4O2. The third kappa shape index (κ3) is 3.41. The van der Waals surface area contributed by atoms with Crippen molar-refractivity contribution >= 4 is 11.9 Å². The molecule has 0 unspecified atom stereocenters. The highest BCUT2D eigenvalue weighted by Crippen LogP contribution is 2.22. The van der Waals surface area contributed by atoms with Crippen LogP contribution in [-0.2, 0) is 4.74 Å². The Bertz CT molecular complexity index is 682. The van der Waals surface area contributed by atoms with Crippen molar-refractivity contribution < 1.29 is 9.53 Å². The number of carbonyl (C=O) groups excluding carboxylic acids is 1. The van der Waals surface area contributed by atoms with Gasteiger partial charge in [0, 0.05) is 37.8 Å². The van der Waals surface area contributed by atoms with Crippen LogP contribution in [0.2, 0.25) is 0 Å². The first-order valence-electron chi connectivity index (χ1n) is 7.66. The molecule has 2 aromatic rings. The summed E-state index contributed by atoms with van der Waals surface area (Å²) in [5.41, 5.74) is 2.00. The van der Waals surface area contributed by atoms with Gasteiger partial charge in [0.1, 0.15) is 11.6 Å². The highest BCUT2D eigenvalue weighted by Gasteiger charge is 2.22. The molecule has 23 heavy (non-hydrogen) atoms. The van der Waals surface area contributed by atoms with Gasteiger partial charge < -0.3 is 14.5 Å². The van der Waals surface area contributed by atoms with Gasteiger partial charge in [0.25, 0.3) is 0 Å². The Morgan fingerprint density at radius 3 is 2.43 bits per heavy atom. The molecule has 120 valence electrons. The van der Waals surface area contributed by atoms with Crippen LogP contribution in [0.3, 0.4) is 0 Å². The van der Waals surface area contributed by atoms with Crippen molar-refractivity contribution in [2.24, 2.45) is 0 Å². The van der Waals surface area contributed by atoms with Crippen molar-refractivity contribution in [1.82, 2.24) is 14.9 Å². The molecule has 1 saturated heterocycles. The van der Waals surface area contributed by atoms with Gasteiger partial charge in [-0.3, -0.25) is 0 Å². The fraction of sp³-hybridized carbons (Fsp3) is 0.353. The smallest absolute Gasteiger partial charge is 0.409 e. The molecule has 1 aromatic carbocycles. The first-order chi connectivity index (χ1) is 11.2. The van der Waals surface area contributed by atoms with Crippen molar-refractivity contribution in [1.29, 1.82) is 0 Å². The Labute approximate surface area is 135 Å². The molecule has 1 amide bonds. The van der Waals surface area contributed by atoms with Gasteiger partial charge in [0.2, 0.25) is 0 Å². The molecule has 1 aliphatic rings. The van der Waals surface area contributed by atoms with Crippen LogP contribution in [0.5, 0.6) is 0 Å². The van der Waals surface area contributed by atoms with Gasteiger partial charge in [-0.2, -0.15) is 0 Å². The SMILES string of the molecule is COC(=O)N1CCN(c2cc(-c3ccccc3)nc(C)n2)CC1. The van der Waals surface area contributed by atoms with E-state index < -0.39 is 0 Å². The van der Waals surface area contributed by atoms with Crippen LogP contribution < -0.4 is 4.90 Å². The monoisotopic (exact) mass is 312 g/mol. The number of benzene rings is 1. The van der Waals surface area contributed by atoms with Gasteiger partial charge in [-0.25, -0.2) is 14.8 Å². The van der Waals surface area contributed by atoms with Gasteiger partial charge in [-0.05, 0) is 6.92 Å². The lowest BCUT2D eigenvalue weighted by molar-refractivity contribution is 0.121. The first kappa shape index (κ1) is 15.3. The molecule has 1 aromatic heterocycles. The second-order valence-corrected chi connectivity index (χ2v) is 5.47. The minimum Gasteiger partial charge on any atom is -0.453 e. The van der Waals surface area contributed by atoms with E-state index in [1.54, 1.807) is 4.90 Å². The molecule has 6 heteroatoms. The number of aromatic nitrogens is 2. The number of hydrogen-bond acceptors (Lipinski definition) is 5. The van der Waals surface area contributed by atoms with E-state index in [1.807, 2.05) is 43.3 Å². The summed E-state index contributed by atoms with van der Waals surface area (Å²) in [5.74, 6) is 1.65. The van der Waals surface area contributed by atoms with Crippen LogP contribution >= 0.6 is 0 Å². The zero-order valence-corrected chi connectivity index (χ0v) is 13.4. The molecule has 0 spiro atoms. The third-order valence-corrected chi connectivity index (χ3v) is 3.93. The van der Waals surface area contributed by atoms with E-state index in [0.717, 1.165) is 36.0 Å². The highest BCUT2D eigenvalue weighted by molar-refractivity contribution is 5.68. The number of ether oxygens (including phenoxy) is 1. The van der Waals surface area contributed by atoms with Crippen LogP contribution in [0.4, 0.5) is 10.6 Å². The van der Waals surface area contributed by atoms with Gasteiger partial charge in [0.05, 0.1) is 12.8 Å². The average Bonchev–Trinajstić information content (AvgIpc) is 2.61. The van der Waals surface area contributed by atoms with E-state index in [-0.39, 0.29) is 6.09 Å². The van der Waals surface area contributed by atoms with Crippen molar-refractivity contribution in [2.45, 2.75) is 6.92 Å². The molecule has 0 radical (unpaired) electrons. The fourth-order valence-corrected chi connectivity index (χ4v) is 2.72. The van der Waals surface area contributed by atoms with E-state index in [9.17, 15) is 4.79 Å². The van der Waals surface area contributed by atoms with Crippen molar-refractivity contribution in [2.75, 3.05) is 38.2 Å². The third-order valence-electron chi connectivity index (χ3n) is 3.93. The molecule has 0 saturated carbocycles. The number of hydrogen-bond donors (Lipinski definition) is 0. The zero-order valence-electron chi connectivity index (χ0n) is 13.4. The summed E-state index contributed by atoms with van der Waals surface area (Å²) < 4.78 is 4.77. The van der Waals surface area contributed by atoms with E-state index in [2.05, 4.69) is 14.9 Å². The van der Waals surface area contributed by atoms with Crippen LogP contribution in [0, 0.1) is 6.92 Å². The minimum absolute atomic E-state index is 0.270. The summed E-state index contributed by atoms with van der Waals surface area (Å²) >= 11 is 0. The summed E-state index contributed by atoms with van der Waals surface area (Å²) in [6, 6.07) is 12.1. The Morgan fingerprint density at radius 2 is 1.78 bits per heavy atom. The number of amides is 1. The van der Waals surface area contributed by atoms with Gasteiger partial charge in [-0.1, -0.05) is 30.3 Å². The molecule has 1 fully saturated rings. The molecule has 6 nitrogen and oxygen atoms in total. The highest BCUT2D eigenvalue weighted by atomic mass is 16.5. The van der Waals surface area contributed by atoms with Gasteiger partial charge in [-0.15, -0.1) is 0 Å².